The zero-order chi connectivity index (χ0) is 15.8. The van der Waals surface area contributed by atoms with E-state index in [1.165, 1.54) is 12.1 Å². The van der Waals surface area contributed by atoms with Crippen LogP contribution in [0, 0.1) is 5.82 Å². The molecule has 9 heteroatoms. The molecule has 0 atom stereocenters. The number of anilines is 1. The number of primary amides is 1. The number of halogens is 4. The lowest BCUT2D eigenvalue weighted by Crippen LogP contribution is -2.22. The number of hydrogen-bond acceptors (Lipinski definition) is 4. The van der Waals surface area contributed by atoms with Gasteiger partial charge in [0.05, 0.1) is 11.1 Å². The molecule has 0 spiro atoms. The fourth-order valence-corrected chi connectivity index (χ4v) is 1.69. The number of carbonyl (C=O) groups is 1. The Hall–Kier alpha value is -2.71. The van der Waals surface area contributed by atoms with Gasteiger partial charge in [0.15, 0.2) is 5.82 Å². The molecule has 4 N–H and O–H groups in total. The summed E-state index contributed by atoms with van der Waals surface area (Å²) in [5, 5.41) is 0. The molecule has 2 rings (SSSR count). The summed E-state index contributed by atoms with van der Waals surface area (Å²) < 4.78 is 52.4. The zero-order valence-electron chi connectivity index (χ0n) is 10.3. The third-order valence-electron chi connectivity index (χ3n) is 2.63. The zero-order valence-corrected chi connectivity index (χ0v) is 10.3. The van der Waals surface area contributed by atoms with Crippen molar-refractivity contribution in [3.05, 3.63) is 41.5 Å². The van der Waals surface area contributed by atoms with Crippen LogP contribution in [0.3, 0.4) is 0 Å². The Balaban J connectivity index is 2.69. The van der Waals surface area contributed by atoms with E-state index in [0.29, 0.717) is 6.20 Å². The fourth-order valence-electron chi connectivity index (χ4n) is 1.69. The molecule has 0 fully saturated rings. The minimum Gasteiger partial charge on any atom is -0.384 e. The Morgan fingerprint density at radius 1 is 1.14 bits per heavy atom. The standard InChI is InChI=1S/C12H8F4N4O/c13-9-8(11(18)21)6(12(14,15)16)4-20-10(9)5-1-2-7(17)19-3-5/h1-4H,(H2,17,19)(H2,18,21). The van der Waals surface area contributed by atoms with Crippen LogP contribution in [0.4, 0.5) is 23.4 Å². The quantitative estimate of drug-likeness (QED) is 0.829. The van der Waals surface area contributed by atoms with E-state index >= 15 is 0 Å². The summed E-state index contributed by atoms with van der Waals surface area (Å²) in [5.74, 6) is -2.85. The summed E-state index contributed by atoms with van der Waals surface area (Å²) in [5.41, 5.74) is 7.01. The van der Waals surface area contributed by atoms with Crippen LogP contribution >= 0.6 is 0 Å². The molecule has 0 aliphatic carbocycles. The smallest absolute Gasteiger partial charge is 0.384 e. The topological polar surface area (TPSA) is 94.9 Å². The molecular weight excluding hydrogens is 292 g/mol. The Morgan fingerprint density at radius 2 is 1.81 bits per heavy atom. The predicted molar refractivity (Wildman–Crippen MR) is 65.4 cm³/mol. The maximum atomic E-state index is 14.2. The normalized spacial score (nSPS) is 11.4. The van der Waals surface area contributed by atoms with Gasteiger partial charge in [0.2, 0.25) is 0 Å². The first-order valence-corrected chi connectivity index (χ1v) is 5.49. The van der Waals surface area contributed by atoms with Crippen molar-refractivity contribution in [2.45, 2.75) is 6.18 Å². The molecule has 0 saturated carbocycles. The SMILES string of the molecule is NC(=O)c1c(C(F)(F)F)cnc(-c2ccc(N)nc2)c1F. The predicted octanol–water partition coefficient (Wildman–Crippen LogP) is 1.98. The molecule has 5 nitrogen and oxygen atoms in total. The van der Waals surface area contributed by atoms with E-state index in [-0.39, 0.29) is 11.4 Å². The highest BCUT2D eigenvalue weighted by molar-refractivity contribution is 5.96. The van der Waals surface area contributed by atoms with Crippen LogP contribution in [0.5, 0.6) is 0 Å². The van der Waals surface area contributed by atoms with Crippen LogP contribution in [0.25, 0.3) is 11.3 Å². The lowest BCUT2D eigenvalue weighted by atomic mass is 10.0. The van der Waals surface area contributed by atoms with Crippen molar-refractivity contribution in [1.29, 1.82) is 0 Å². The van der Waals surface area contributed by atoms with Gasteiger partial charge >= 0.3 is 6.18 Å². The van der Waals surface area contributed by atoms with Gasteiger partial charge in [-0.15, -0.1) is 0 Å². The van der Waals surface area contributed by atoms with Gasteiger partial charge in [0, 0.05) is 18.0 Å². The minimum atomic E-state index is -4.95. The molecule has 0 aliphatic rings. The van der Waals surface area contributed by atoms with E-state index in [2.05, 4.69) is 9.97 Å². The molecule has 0 radical (unpaired) electrons. The first-order valence-electron chi connectivity index (χ1n) is 5.49. The van der Waals surface area contributed by atoms with Gasteiger partial charge in [-0.3, -0.25) is 9.78 Å². The van der Waals surface area contributed by atoms with Gasteiger partial charge in [0.25, 0.3) is 5.91 Å². The van der Waals surface area contributed by atoms with Gasteiger partial charge < -0.3 is 11.5 Å². The van der Waals surface area contributed by atoms with Gasteiger partial charge in [-0.05, 0) is 12.1 Å². The number of aromatic nitrogens is 2. The van der Waals surface area contributed by atoms with E-state index < -0.39 is 34.7 Å². The Labute approximate surface area is 115 Å². The number of nitrogen functional groups attached to an aromatic ring is 1. The second kappa shape index (κ2) is 5.00. The fraction of sp³-hybridized carbons (Fsp3) is 0.0833. The monoisotopic (exact) mass is 300 g/mol. The summed E-state index contributed by atoms with van der Waals surface area (Å²) in [6.07, 6.45) is -3.47. The summed E-state index contributed by atoms with van der Waals surface area (Å²) in [6, 6.07) is 2.63. The highest BCUT2D eigenvalue weighted by atomic mass is 19.4. The molecular formula is C12H8F4N4O. The molecule has 0 unspecified atom stereocenters. The van der Waals surface area contributed by atoms with E-state index in [0.717, 1.165) is 6.20 Å². The largest absolute Gasteiger partial charge is 0.418 e. The van der Waals surface area contributed by atoms with Gasteiger partial charge in [-0.1, -0.05) is 0 Å². The van der Waals surface area contributed by atoms with Crippen LogP contribution in [-0.2, 0) is 6.18 Å². The Bertz CT molecular complexity index is 698. The maximum absolute atomic E-state index is 14.2. The second-order valence-corrected chi connectivity index (χ2v) is 4.04. The van der Waals surface area contributed by atoms with Crippen LogP contribution in [0.1, 0.15) is 15.9 Å². The highest BCUT2D eigenvalue weighted by Gasteiger charge is 2.38. The number of pyridine rings is 2. The average molecular weight is 300 g/mol. The number of nitrogens with zero attached hydrogens (tertiary/aromatic N) is 2. The van der Waals surface area contributed by atoms with Crippen molar-refractivity contribution < 1.29 is 22.4 Å². The van der Waals surface area contributed by atoms with Crippen molar-refractivity contribution in [3.63, 3.8) is 0 Å². The molecule has 1 amide bonds. The third-order valence-corrected chi connectivity index (χ3v) is 2.63. The summed E-state index contributed by atoms with van der Waals surface area (Å²) in [4.78, 5) is 18.2. The molecule has 0 aliphatic heterocycles. The number of alkyl halides is 3. The minimum absolute atomic E-state index is 0.0675. The van der Waals surface area contributed by atoms with Crippen LogP contribution in [-0.4, -0.2) is 15.9 Å². The molecule has 110 valence electrons. The lowest BCUT2D eigenvalue weighted by molar-refractivity contribution is -0.138. The summed E-state index contributed by atoms with van der Waals surface area (Å²) >= 11 is 0. The Morgan fingerprint density at radius 3 is 2.29 bits per heavy atom. The number of nitrogens with two attached hydrogens (primary N) is 2. The summed E-state index contributed by atoms with van der Waals surface area (Å²) in [7, 11) is 0. The molecule has 2 heterocycles. The van der Waals surface area contributed by atoms with E-state index in [9.17, 15) is 22.4 Å². The van der Waals surface area contributed by atoms with E-state index in [1.807, 2.05) is 0 Å². The average Bonchev–Trinajstić information content (AvgIpc) is 2.38. The molecule has 0 aromatic carbocycles. The van der Waals surface area contributed by atoms with Crippen molar-refractivity contribution in [2.75, 3.05) is 5.73 Å². The number of carbonyl (C=O) groups excluding carboxylic acids is 1. The van der Waals surface area contributed by atoms with Crippen LogP contribution in [0.2, 0.25) is 0 Å². The molecule has 2 aromatic heterocycles. The van der Waals surface area contributed by atoms with Crippen molar-refractivity contribution in [2.24, 2.45) is 5.73 Å². The van der Waals surface area contributed by atoms with Gasteiger partial charge in [-0.2, -0.15) is 13.2 Å². The lowest BCUT2D eigenvalue weighted by Gasteiger charge is -2.13. The number of amides is 1. The summed E-state index contributed by atoms with van der Waals surface area (Å²) in [6.45, 7) is 0. The van der Waals surface area contributed by atoms with E-state index in [4.69, 9.17) is 11.5 Å². The van der Waals surface area contributed by atoms with Gasteiger partial charge in [0.1, 0.15) is 11.5 Å². The third kappa shape index (κ3) is 2.76. The van der Waals surface area contributed by atoms with Crippen molar-refractivity contribution in [1.82, 2.24) is 9.97 Å². The molecule has 2 aromatic rings. The highest BCUT2D eigenvalue weighted by Crippen LogP contribution is 2.34. The number of rotatable bonds is 2. The first-order chi connectivity index (χ1) is 9.71. The maximum Gasteiger partial charge on any atom is 0.418 e. The second-order valence-electron chi connectivity index (χ2n) is 4.04. The molecule has 0 bridgehead atoms. The van der Waals surface area contributed by atoms with Crippen molar-refractivity contribution >= 4 is 11.7 Å². The van der Waals surface area contributed by atoms with Gasteiger partial charge in [-0.25, -0.2) is 9.37 Å². The molecule has 21 heavy (non-hydrogen) atoms. The van der Waals surface area contributed by atoms with Crippen LogP contribution < -0.4 is 11.5 Å². The molecule has 0 saturated heterocycles. The Kier molecular flexibility index (Phi) is 3.50. The number of hydrogen-bond donors (Lipinski definition) is 2. The van der Waals surface area contributed by atoms with E-state index in [1.54, 1.807) is 0 Å². The van der Waals surface area contributed by atoms with Crippen LogP contribution in [0.15, 0.2) is 24.5 Å². The van der Waals surface area contributed by atoms with Crippen molar-refractivity contribution in [3.8, 4) is 11.3 Å². The first kappa shape index (κ1) is 14.7.